The number of fused-ring (bicyclic) bond motifs is 1. The van der Waals surface area contributed by atoms with E-state index < -0.39 is 0 Å². The summed E-state index contributed by atoms with van der Waals surface area (Å²) in [5.41, 5.74) is 2.18. The van der Waals surface area contributed by atoms with E-state index in [1.807, 2.05) is 18.5 Å². The van der Waals surface area contributed by atoms with Gasteiger partial charge in [-0.15, -0.1) is 0 Å². The molecule has 1 amide bonds. The molecule has 2 aromatic heterocycles. The predicted molar refractivity (Wildman–Crippen MR) is 135 cm³/mol. The van der Waals surface area contributed by atoms with Gasteiger partial charge in [-0.2, -0.15) is 4.98 Å². The van der Waals surface area contributed by atoms with Crippen LogP contribution in [0.5, 0.6) is 0 Å². The molecule has 1 atom stereocenters. The predicted octanol–water partition coefficient (Wildman–Crippen LogP) is 2.57. The standard InChI is InChI=1S/C25H36N8O/c1-17(2)31-10-12-32(13-11-31)20-8-9-22(27-16-20)29-25-28-15-18-14-21(24(34)26-3)33(23(18)30-25)19-6-4-5-7-19/h8-9,15-17,19,21H,4-7,10-14H2,1-3H3,(H,26,34)(H,27,28,29,30). The van der Waals surface area contributed by atoms with Crippen molar-refractivity contribution in [1.29, 1.82) is 0 Å². The number of aromatic nitrogens is 3. The van der Waals surface area contributed by atoms with Crippen molar-refractivity contribution < 1.29 is 4.79 Å². The fourth-order valence-corrected chi connectivity index (χ4v) is 5.53. The third kappa shape index (κ3) is 4.53. The number of pyridine rings is 1. The van der Waals surface area contributed by atoms with Gasteiger partial charge in [-0.1, -0.05) is 12.8 Å². The zero-order chi connectivity index (χ0) is 23.7. The first-order valence-electron chi connectivity index (χ1n) is 12.6. The summed E-state index contributed by atoms with van der Waals surface area (Å²) in [6.45, 7) is 8.70. The molecule has 2 fully saturated rings. The van der Waals surface area contributed by atoms with Crippen molar-refractivity contribution in [3.63, 3.8) is 0 Å². The molecule has 5 rings (SSSR count). The Hall–Kier alpha value is -2.94. The molecule has 4 heterocycles. The Morgan fingerprint density at radius 2 is 1.82 bits per heavy atom. The van der Waals surface area contributed by atoms with Gasteiger partial charge in [0, 0.05) is 63.5 Å². The summed E-state index contributed by atoms with van der Waals surface area (Å²) in [6, 6.07) is 4.85. The van der Waals surface area contributed by atoms with Crippen LogP contribution in [-0.2, 0) is 11.2 Å². The molecule has 0 spiro atoms. The topological polar surface area (TPSA) is 89.5 Å². The van der Waals surface area contributed by atoms with Crippen molar-refractivity contribution >= 4 is 29.2 Å². The Kier molecular flexibility index (Phi) is 6.54. The van der Waals surface area contributed by atoms with E-state index in [-0.39, 0.29) is 11.9 Å². The lowest BCUT2D eigenvalue weighted by Crippen LogP contribution is -2.48. The first-order chi connectivity index (χ1) is 16.5. The monoisotopic (exact) mass is 464 g/mol. The lowest BCUT2D eigenvalue weighted by atomic mass is 10.1. The van der Waals surface area contributed by atoms with E-state index in [0.717, 1.165) is 61.9 Å². The minimum Gasteiger partial charge on any atom is -0.368 e. The minimum atomic E-state index is -0.207. The molecule has 2 N–H and O–H groups in total. The fraction of sp³-hybridized carbons (Fsp3) is 0.600. The van der Waals surface area contributed by atoms with Gasteiger partial charge in [-0.3, -0.25) is 9.69 Å². The summed E-state index contributed by atoms with van der Waals surface area (Å²) in [5.74, 6) is 2.17. The van der Waals surface area contributed by atoms with E-state index >= 15 is 0 Å². The summed E-state index contributed by atoms with van der Waals surface area (Å²) >= 11 is 0. The second-order valence-electron chi connectivity index (χ2n) is 9.87. The van der Waals surface area contributed by atoms with E-state index in [1.54, 1.807) is 7.05 Å². The maximum atomic E-state index is 12.6. The van der Waals surface area contributed by atoms with Crippen LogP contribution in [0.15, 0.2) is 24.5 Å². The molecule has 1 saturated carbocycles. The molecule has 0 radical (unpaired) electrons. The molecule has 0 bridgehead atoms. The van der Waals surface area contributed by atoms with E-state index in [2.05, 4.69) is 55.2 Å². The van der Waals surface area contributed by atoms with Crippen molar-refractivity contribution in [2.24, 2.45) is 0 Å². The van der Waals surface area contributed by atoms with Gasteiger partial charge in [0.1, 0.15) is 17.7 Å². The molecule has 182 valence electrons. The fourth-order valence-electron chi connectivity index (χ4n) is 5.53. The number of anilines is 4. The van der Waals surface area contributed by atoms with Gasteiger partial charge in [-0.25, -0.2) is 9.97 Å². The number of amides is 1. The van der Waals surface area contributed by atoms with Gasteiger partial charge in [0.25, 0.3) is 0 Å². The lowest BCUT2D eigenvalue weighted by Gasteiger charge is -2.38. The lowest BCUT2D eigenvalue weighted by molar-refractivity contribution is -0.121. The van der Waals surface area contributed by atoms with E-state index in [9.17, 15) is 4.79 Å². The number of carbonyl (C=O) groups is 1. The highest BCUT2D eigenvalue weighted by Crippen LogP contribution is 2.37. The van der Waals surface area contributed by atoms with Crippen LogP contribution in [-0.4, -0.2) is 77.1 Å². The van der Waals surface area contributed by atoms with Crippen LogP contribution in [0.25, 0.3) is 0 Å². The summed E-state index contributed by atoms with van der Waals surface area (Å²) in [4.78, 5) is 33.7. The molecule has 1 aliphatic carbocycles. The Labute approximate surface area is 202 Å². The highest BCUT2D eigenvalue weighted by Gasteiger charge is 2.40. The molecule has 2 aliphatic heterocycles. The van der Waals surface area contributed by atoms with Crippen LogP contribution in [0.4, 0.5) is 23.3 Å². The molecule has 3 aliphatic rings. The summed E-state index contributed by atoms with van der Waals surface area (Å²) in [6.07, 6.45) is 9.06. The maximum Gasteiger partial charge on any atom is 0.242 e. The number of nitrogens with zero attached hydrogens (tertiary/aromatic N) is 6. The zero-order valence-electron chi connectivity index (χ0n) is 20.5. The van der Waals surface area contributed by atoms with Gasteiger partial charge < -0.3 is 20.4 Å². The van der Waals surface area contributed by atoms with Gasteiger partial charge in [0.2, 0.25) is 11.9 Å². The van der Waals surface area contributed by atoms with Crippen LogP contribution >= 0.6 is 0 Å². The van der Waals surface area contributed by atoms with Crippen molar-refractivity contribution in [1.82, 2.24) is 25.2 Å². The molecule has 34 heavy (non-hydrogen) atoms. The normalized spacial score (nSPS) is 21.2. The summed E-state index contributed by atoms with van der Waals surface area (Å²) < 4.78 is 0. The third-order valence-electron chi connectivity index (χ3n) is 7.50. The van der Waals surface area contributed by atoms with Gasteiger partial charge in [-0.05, 0) is 38.8 Å². The number of hydrogen-bond acceptors (Lipinski definition) is 8. The smallest absolute Gasteiger partial charge is 0.242 e. The van der Waals surface area contributed by atoms with Crippen LogP contribution in [0.3, 0.4) is 0 Å². The molecule has 9 nitrogen and oxygen atoms in total. The quantitative estimate of drug-likeness (QED) is 0.674. The van der Waals surface area contributed by atoms with Crippen LogP contribution in [0.2, 0.25) is 0 Å². The zero-order valence-corrected chi connectivity index (χ0v) is 20.5. The molecular formula is C25H36N8O. The Morgan fingerprint density at radius 1 is 1.06 bits per heavy atom. The summed E-state index contributed by atoms with van der Waals surface area (Å²) in [5, 5.41) is 6.10. The van der Waals surface area contributed by atoms with Crippen LogP contribution in [0.1, 0.15) is 45.1 Å². The second-order valence-corrected chi connectivity index (χ2v) is 9.87. The second kappa shape index (κ2) is 9.74. The van der Waals surface area contributed by atoms with Crippen molar-refractivity contribution in [3.8, 4) is 0 Å². The minimum absolute atomic E-state index is 0.0471. The van der Waals surface area contributed by atoms with E-state index in [0.29, 0.717) is 24.5 Å². The largest absolute Gasteiger partial charge is 0.368 e. The highest BCUT2D eigenvalue weighted by molar-refractivity contribution is 5.87. The van der Waals surface area contributed by atoms with Crippen molar-refractivity contribution in [2.75, 3.05) is 48.3 Å². The van der Waals surface area contributed by atoms with E-state index in [1.165, 1.54) is 12.8 Å². The SMILES string of the molecule is CNC(=O)C1Cc2cnc(Nc3ccc(N4CCN(C(C)C)CC4)cn3)nc2N1C1CCCC1. The van der Waals surface area contributed by atoms with E-state index in [4.69, 9.17) is 4.98 Å². The van der Waals surface area contributed by atoms with Crippen molar-refractivity contribution in [2.45, 2.75) is 64.1 Å². The maximum absolute atomic E-state index is 12.6. The van der Waals surface area contributed by atoms with Crippen LogP contribution in [0, 0.1) is 0 Å². The number of carbonyl (C=O) groups excluding carboxylic acids is 1. The number of likely N-dealkylation sites (N-methyl/N-ethyl adjacent to an activating group) is 1. The van der Waals surface area contributed by atoms with Crippen LogP contribution < -0.4 is 20.4 Å². The van der Waals surface area contributed by atoms with Crippen molar-refractivity contribution in [3.05, 3.63) is 30.1 Å². The molecule has 2 aromatic rings. The number of nitrogens with one attached hydrogen (secondary N) is 2. The summed E-state index contributed by atoms with van der Waals surface area (Å²) in [7, 11) is 1.70. The first kappa shape index (κ1) is 22.8. The average Bonchev–Trinajstić information content (AvgIpc) is 3.51. The number of piperazine rings is 1. The Morgan fingerprint density at radius 3 is 2.47 bits per heavy atom. The molecular weight excluding hydrogens is 428 g/mol. The van der Waals surface area contributed by atoms with Gasteiger partial charge in [0.15, 0.2) is 0 Å². The Bertz CT molecular complexity index is 996. The average molecular weight is 465 g/mol. The molecule has 1 saturated heterocycles. The molecule has 1 unspecified atom stereocenters. The first-order valence-corrected chi connectivity index (χ1v) is 12.6. The van der Waals surface area contributed by atoms with Gasteiger partial charge >= 0.3 is 0 Å². The Balaban J connectivity index is 1.29. The highest BCUT2D eigenvalue weighted by atomic mass is 16.2. The number of rotatable bonds is 6. The third-order valence-corrected chi connectivity index (χ3v) is 7.50. The van der Waals surface area contributed by atoms with Gasteiger partial charge in [0.05, 0.1) is 11.9 Å². The molecule has 9 heteroatoms. The molecule has 0 aromatic carbocycles. The number of hydrogen-bond donors (Lipinski definition) is 2.